The number of carbonyl (C=O) groups is 1. The Morgan fingerprint density at radius 1 is 0.950 bits per heavy atom. The van der Waals surface area contributed by atoms with Crippen molar-refractivity contribution < 1.29 is 18.4 Å². The van der Waals surface area contributed by atoms with Crippen LogP contribution in [0.15, 0.2) is 95.6 Å². The van der Waals surface area contributed by atoms with E-state index < -0.39 is 0 Å². The fourth-order valence-corrected chi connectivity index (χ4v) is 4.59. The van der Waals surface area contributed by atoms with Gasteiger partial charge in [-0.15, -0.1) is 0 Å². The van der Waals surface area contributed by atoms with E-state index in [4.69, 9.17) is 9.26 Å². The molecule has 200 valence electrons. The average molecular weight is 534 g/mol. The normalized spacial score (nSPS) is 13.6. The number of aryl methyl sites for hydroxylation is 1. The van der Waals surface area contributed by atoms with Crippen molar-refractivity contribution in [2.24, 2.45) is 5.92 Å². The fourth-order valence-electron chi connectivity index (χ4n) is 4.59. The highest BCUT2D eigenvalue weighted by Crippen LogP contribution is 2.36. The molecule has 6 rings (SSSR count). The Kier molecular flexibility index (Phi) is 6.86. The molecular formula is C33H28FN3O3. The first-order valence-electron chi connectivity index (χ1n) is 13.3. The summed E-state index contributed by atoms with van der Waals surface area (Å²) in [5, 5.41) is 7.59. The smallest absolute Gasteiger partial charge is 0.309 e. The van der Waals surface area contributed by atoms with Crippen molar-refractivity contribution in [1.82, 2.24) is 10.1 Å². The SMILES string of the molecule is Cc1noc(-c2ccc(-c3ccc(C(C)OC(=O)C4CC4)cc3)cc2)c1Nc1ccnc(-c2cccc(F)c2)c1. The molecule has 3 aromatic carbocycles. The zero-order valence-electron chi connectivity index (χ0n) is 22.2. The third-order valence-electron chi connectivity index (χ3n) is 7.08. The van der Waals surface area contributed by atoms with E-state index in [1.165, 1.54) is 12.1 Å². The topological polar surface area (TPSA) is 77.2 Å². The summed E-state index contributed by atoms with van der Waals surface area (Å²) in [6.45, 7) is 3.78. The number of aromatic nitrogens is 2. The molecule has 1 saturated carbocycles. The molecule has 6 nitrogen and oxygen atoms in total. The van der Waals surface area contributed by atoms with Crippen molar-refractivity contribution in [2.75, 3.05) is 5.32 Å². The molecule has 2 heterocycles. The Morgan fingerprint density at radius 2 is 1.65 bits per heavy atom. The Hall–Kier alpha value is -4.78. The number of benzene rings is 3. The molecule has 0 spiro atoms. The molecule has 0 aliphatic heterocycles. The second-order valence-electron chi connectivity index (χ2n) is 10.1. The van der Waals surface area contributed by atoms with Crippen molar-refractivity contribution in [3.05, 3.63) is 108 Å². The zero-order chi connectivity index (χ0) is 27.6. The van der Waals surface area contributed by atoms with Gasteiger partial charge in [-0.3, -0.25) is 9.78 Å². The summed E-state index contributed by atoms with van der Waals surface area (Å²) in [4.78, 5) is 16.4. The van der Waals surface area contributed by atoms with Gasteiger partial charge in [-0.2, -0.15) is 0 Å². The first kappa shape index (κ1) is 25.5. The lowest BCUT2D eigenvalue weighted by atomic mass is 10.00. The standard InChI is InChI=1S/C33H28FN3O3/c1-20-31(36-29-16-17-35-30(19-29)27-4-3-5-28(34)18-27)32(40-37-20)25-12-10-24(11-13-25)23-8-6-22(7-9-23)21(2)39-33(38)26-14-15-26/h3-13,16-19,21,26H,14-15H2,1-2H3,(H,35,36). The maximum Gasteiger partial charge on any atom is 0.309 e. The van der Waals surface area contributed by atoms with Crippen LogP contribution in [0.3, 0.4) is 0 Å². The van der Waals surface area contributed by atoms with E-state index in [0.717, 1.165) is 52.2 Å². The summed E-state index contributed by atoms with van der Waals surface area (Å²) >= 11 is 0. The minimum Gasteiger partial charge on any atom is -0.458 e. The molecule has 0 saturated heterocycles. The molecule has 0 bridgehead atoms. The first-order valence-corrected chi connectivity index (χ1v) is 13.3. The number of esters is 1. The van der Waals surface area contributed by atoms with Gasteiger partial charge in [-0.25, -0.2) is 4.39 Å². The Labute approximate surface area is 231 Å². The van der Waals surface area contributed by atoms with Crippen molar-refractivity contribution in [1.29, 1.82) is 0 Å². The van der Waals surface area contributed by atoms with E-state index in [9.17, 15) is 9.18 Å². The third-order valence-corrected chi connectivity index (χ3v) is 7.08. The van der Waals surface area contributed by atoms with Gasteiger partial charge in [0, 0.05) is 23.0 Å². The van der Waals surface area contributed by atoms with Crippen LogP contribution >= 0.6 is 0 Å². The Morgan fingerprint density at radius 3 is 2.35 bits per heavy atom. The number of carbonyl (C=O) groups excluding carboxylic acids is 1. The van der Waals surface area contributed by atoms with E-state index in [1.54, 1.807) is 12.3 Å². The molecule has 1 atom stereocenters. The predicted molar refractivity (Wildman–Crippen MR) is 152 cm³/mol. The predicted octanol–water partition coefficient (Wildman–Crippen LogP) is 8.28. The van der Waals surface area contributed by atoms with E-state index >= 15 is 0 Å². The van der Waals surface area contributed by atoms with Crippen molar-refractivity contribution >= 4 is 17.3 Å². The summed E-state index contributed by atoms with van der Waals surface area (Å²) in [5.74, 6) is 0.305. The van der Waals surface area contributed by atoms with Crippen LogP contribution in [0.25, 0.3) is 33.7 Å². The Bertz CT molecular complexity index is 1660. The molecule has 40 heavy (non-hydrogen) atoms. The summed E-state index contributed by atoms with van der Waals surface area (Å²) in [6, 6.07) is 26.2. The van der Waals surface area contributed by atoms with Crippen LogP contribution in [0.5, 0.6) is 0 Å². The van der Waals surface area contributed by atoms with Gasteiger partial charge < -0.3 is 14.6 Å². The molecule has 0 amide bonds. The van der Waals surface area contributed by atoms with E-state index in [1.807, 2.05) is 80.6 Å². The highest BCUT2D eigenvalue weighted by atomic mass is 19.1. The monoisotopic (exact) mass is 533 g/mol. The van der Waals surface area contributed by atoms with Crippen molar-refractivity contribution in [2.45, 2.75) is 32.8 Å². The fraction of sp³-hybridized carbons (Fsp3) is 0.182. The molecule has 0 radical (unpaired) electrons. The molecule has 1 aliphatic carbocycles. The summed E-state index contributed by atoms with van der Waals surface area (Å²) in [7, 11) is 0. The highest BCUT2D eigenvalue weighted by molar-refractivity contribution is 5.80. The summed E-state index contributed by atoms with van der Waals surface area (Å²) in [6.07, 6.45) is 3.29. The quantitative estimate of drug-likeness (QED) is 0.202. The van der Waals surface area contributed by atoms with Gasteiger partial charge in [0.1, 0.15) is 23.3 Å². The van der Waals surface area contributed by atoms with Crippen LogP contribution in [0.2, 0.25) is 0 Å². The lowest BCUT2D eigenvalue weighted by molar-refractivity contribution is -0.150. The highest BCUT2D eigenvalue weighted by Gasteiger charge is 2.32. The number of hydrogen-bond acceptors (Lipinski definition) is 6. The molecular weight excluding hydrogens is 505 g/mol. The average Bonchev–Trinajstić information content (AvgIpc) is 3.77. The van der Waals surface area contributed by atoms with E-state index in [2.05, 4.69) is 15.5 Å². The largest absolute Gasteiger partial charge is 0.458 e. The van der Waals surface area contributed by atoms with Crippen LogP contribution in [0.4, 0.5) is 15.8 Å². The second-order valence-corrected chi connectivity index (χ2v) is 10.1. The van der Waals surface area contributed by atoms with Gasteiger partial charge in [0.05, 0.1) is 11.6 Å². The Balaban J connectivity index is 1.19. The number of nitrogens with one attached hydrogen (secondary N) is 1. The second kappa shape index (κ2) is 10.8. The maximum atomic E-state index is 13.7. The van der Waals surface area contributed by atoms with Gasteiger partial charge in [-0.1, -0.05) is 65.8 Å². The van der Waals surface area contributed by atoms with Crippen LogP contribution in [-0.4, -0.2) is 16.1 Å². The van der Waals surface area contributed by atoms with Crippen LogP contribution in [0, 0.1) is 18.7 Å². The number of rotatable bonds is 8. The molecule has 1 unspecified atom stereocenters. The number of nitrogens with zero attached hydrogens (tertiary/aromatic N) is 2. The third kappa shape index (κ3) is 5.50. The number of anilines is 2. The van der Waals surface area contributed by atoms with Gasteiger partial charge in [0.15, 0.2) is 5.76 Å². The minimum atomic E-state index is -0.307. The number of hydrogen-bond donors (Lipinski definition) is 1. The molecule has 1 fully saturated rings. The van der Waals surface area contributed by atoms with Gasteiger partial charge in [0.2, 0.25) is 0 Å². The van der Waals surface area contributed by atoms with Gasteiger partial charge >= 0.3 is 5.97 Å². The van der Waals surface area contributed by atoms with Crippen LogP contribution in [-0.2, 0) is 9.53 Å². The van der Waals surface area contributed by atoms with Crippen molar-refractivity contribution in [3.8, 4) is 33.7 Å². The number of halogens is 1. The number of pyridine rings is 1. The van der Waals surface area contributed by atoms with Crippen LogP contribution in [0.1, 0.15) is 37.1 Å². The zero-order valence-corrected chi connectivity index (χ0v) is 22.2. The molecule has 2 aromatic heterocycles. The molecule has 7 heteroatoms. The lowest BCUT2D eigenvalue weighted by Gasteiger charge is -2.14. The van der Waals surface area contributed by atoms with Crippen molar-refractivity contribution in [3.63, 3.8) is 0 Å². The summed E-state index contributed by atoms with van der Waals surface area (Å²) < 4.78 is 25.0. The minimum absolute atomic E-state index is 0.0894. The van der Waals surface area contributed by atoms with E-state index in [0.29, 0.717) is 17.0 Å². The van der Waals surface area contributed by atoms with E-state index in [-0.39, 0.29) is 23.8 Å². The lowest BCUT2D eigenvalue weighted by Crippen LogP contribution is -2.10. The molecule has 1 N–H and O–H groups in total. The van der Waals surface area contributed by atoms with Gasteiger partial charge in [-0.05, 0) is 67.6 Å². The molecule has 1 aliphatic rings. The van der Waals surface area contributed by atoms with Crippen LogP contribution < -0.4 is 5.32 Å². The molecule has 5 aromatic rings. The van der Waals surface area contributed by atoms with Gasteiger partial charge in [0.25, 0.3) is 0 Å². The number of ether oxygens (including phenoxy) is 1. The summed E-state index contributed by atoms with van der Waals surface area (Å²) in [5.41, 5.74) is 7.58. The first-order chi connectivity index (χ1) is 19.4. The maximum absolute atomic E-state index is 13.7.